The van der Waals surface area contributed by atoms with Crippen molar-refractivity contribution in [2.24, 2.45) is 5.92 Å². The molecule has 0 aliphatic carbocycles. The first-order valence-electron chi connectivity index (χ1n) is 5.51. The number of rotatable bonds is 5. The molecule has 6 nitrogen and oxygen atoms in total. The standard InChI is InChI=1S/C11H17NO5S/c1-6(2)7(3)12-18(15,16)10-5-9(11(13)14)17-8(10)4/h5-7,12H,1-4H3,(H,13,14). The van der Waals surface area contributed by atoms with E-state index in [4.69, 9.17) is 9.52 Å². The van der Waals surface area contributed by atoms with Crippen molar-refractivity contribution in [3.8, 4) is 0 Å². The van der Waals surface area contributed by atoms with Gasteiger partial charge in [-0.05, 0) is 19.8 Å². The first-order valence-corrected chi connectivity index (χ1v) is 6.99. The van der Waals surface area contributed by atoms with Crippen LogP contribution in [0, 0.1) is 12.8 Å². The summed E-state index contributed by atoms with van der Waals surface area (Å²) in [6.07, 6.45) is 0. The highest BCUT2D eigenvalue weighted by Gasteiger charge is 2.25. The van der Waals surface area contributed by atoms with Crippen molar-refractivity contribution in [3.63, 3.8) is 0 Å². The van der Waals surface area contributed by atoms with Gasteiger partial charge in [-0.25, -0.2) is 17.9 Å². The SMILES string of the molecule is Cc1oc(C(=O)O)cc1S(=O)(=O)NC(C)C(C)C. The second kappa shape index (κ2) is 5.11. The largest absolute Gasteiger partial charge is 0.475 e. The van der Waals surface area contributed by atoms with Gasteiger partial charge >= 0.3 is 5.97 Å². The molecule has 0 bridgehead atoms. The third-order valence-electron chi connectivity index (χ3n) is 2.71. The summed E-state index contributed by atoms with van der Waals surface area (Å²) in [5.41, 5.74) is 0. The highest BCUT2D eigenvalue weighted by atomic mass is 32.2. The lowest BCUT2D eigenvalue weighted by atomic mass is 10.1. The normalized spacial score (nSPS) is 13.8. The second-order valence-electron chi connectivity index (χ2n) is 4.49. The van der Waals surface area contributed by atoms with Gasteiger partial charge in [0.25, 0.3) is 0 Å². The van der Waals surface area contributed by atoms with Gasteiger partial charge in [-0.1, -0.05) is 13.8 Å². The summed E-state index contributed by atoms with van der Waals surface area (Å²) in [6.45, 7) is 6.94. The van der Waals surface area contributed by atoms with E-state index in [0.717, 1.165) is 6.07 Å². The molecular formula is C11H17NO5S. The Morgan fingerprint density at radius 3 is 2.33 bits per heavy atom. The first-order chi connectivity index (χ1) is 8.15. The van der Waals surface area contributed by atoms with Crippen LogP contribution in [-0.4, -0.2) is 25.5 Å². The molecule has 0 aliphatic heterocycles. The highest BCUT2D eigenvalue weighted by Crippen LogP contribution is 2.20. The van der Waals surface area contributed by atoms with Gasteiger partial charge in [0.15, 0.2) is 0 Å². The lowest BCUT2D eigenvalue weighted by Gasteiger charge is -2.16. The Kier molecular flexibility index (Phi) is 4.18. The summed E-state index contributed by atoms with van der Waals surface area (Å²) in [5, 5.41) is 8.75. The van der Waals surface area contributed by atoms with Gasteiger partial charge in [-0.15, -0.1) is 0 Å². The maximum Gasteiger partial charge on any atom is 0.371 e. The number of carbonyl (C=O) groups is 1. The molecule has 0 saturated heterocycles. The van der Waals surface area contributed by atoms with E-state index in [-0.39, 0.29) is 28.4 Å². The van der Waals surface area contributed by atoms with Crippen LogP contribution in [0.3, 0.4) is 0 Å². The van der Waals surface area contributed by atoms with Crippen molar-refractivity contribution in [3.05, 3.63) is 17.6 Å². The van der Waals surface area contributed by atoms with E-state index in [2.05, 4.69) is 4.72 Å². The number of furan rings is 1. The third-order valence-corrected chi connectivity index (χ3v) is 4.38. The summed E-state index contributed by atoms with van der Waals surface area (Å²) in [7, 11) is -3.75. The molecule has 0 amide bonds. The predicted molar refractivity (Wildman–Crippen MR) is 65.0 cm³/mol. The van der Waals surface area contributed by atoms with Crippen LogP contribution in [-0.2, 0) is 10.0 Å². The van der Waals surface area contributed by atoms with Crippen molar-refractivity contribution in [2.75, 3.05) is 0 Å². The molecule has 1 aromatic rings. The number of aromatic carboxylic acids is 1. The minimum absolute atomic E-state index is 0.0656. The molecule has 0 spiro atoms. The smallest absolute Gasteiger partial charge is 0.371 e. The van der Waals surface area contributed by atoms with Gasteiger partial charge < -0.3 is 9.52 Å². The number of hydrogen-bond acceptors (Lipinski definition) is 4. The molecule has 1 rings (SSSR count). The van der Waals surface area contributed by atoms with E-state index in [1.165, 1.54) is 6.92 Å². The summed E-state index contributed by atoms with van der Waals surface area (Å²) in [4.78, 5) is 10.6. The molecule has 1 atom stereocenters. The number of aryl methyl sites for hydroxylation is 1. The molecule has 0 radical (unpaired) electrons. The topological polar surface area (TPSA) is 96.6 Å². The van der Waals surface area contributed by atoms with Crippen molar-refractivity contribution < 1.29 is 22.7 Å². The lowest BCUT2D eigenvalue weighted by Crippen LogP contribution is -2.36. The van der Waals surface area contributed by atoms with Crippen LogP contribution in [0.15, 0.2) is 15.4 Å². The van der Waals surface area contributed by atoms with Crippen LogP contribution in [0.2, 0.25) is 0 Å². The summed E-state index contributed by atoms with van der Waals surface area (Å²) in [6, 6.07) is 0.769. The fourth-order valence-electron chi connectivity index (χ4n) is 1.28. The van der Waals surface area contributed by atoms with Crippen LogP contribution in [0.25, 0.3) is 0 Å². The zero-order valence-electron chi connectivity index (χ0n) is 10.7. The third kappa shape index (κ3) is 3.11. The summed E-state index contributed by atoms with van der Waals surface area (Å²) in [5.74, 6) is -1.48. The van der Waals surface area contributed by atoms with E-state index >= 15 is 0 Å². The molecular weight excluding hydrogens is 258 g/mol. The van der Waals surface area contributed by atoms with Crippen LogP contribution in [0.4, 0.5) is 0 Å². The minimum Gasteiger partial charge on any atom is -0.475 e. The van der Waals surface area contributed by atoms with E-state index in [9.17, 15) is 13.2 Å². The maximum absolute atomic E-state index is 12.0. The summed E-state index contributed by atoms with van der Waals surface area (Å²) >= 11 is 0. The molecule has 7 heteroatoms. The van der Waals surface area contributed by atoms with Crippen molar-refractivity contribution in [2.45, 2.75) is 38.6 Å². The van der Waals surface area contributed by atoms with E-state index < -0.39 is 16.0 Å². The van der Waals surface area contributed by atoms with Gasteiger partial charge in [-0.3, -0.25) is 0 Å². The molecule has 18 heavy (non-hydrogen) atoms. The van der Waals surface area contributed by atoms with Crippen molar-refractivity contribution >= 4 is 16.0 Å². The molecule has 1 aromatic heterocycles. The second-order valence-corrected chi connectivity index (χ2v) is 6.17. The van der Waals surface area contributed by atoms with E-state index in [1.807, 2.05) is 13.8 Å². The maximum atomic E-state index is 12.0. The Hall–Kier alpha value is -1.34. The van der Waals surface area contributed by atoms with Gasteiger partial charge in [0.2, 0.25) is 15.8 Å². The number of carboxylic acids is 1. The number of carboxylic acid groups (broad SMARTS) is 1. The zero-order chi connectivity index (χ0) is 14.1. The zero-order valence-corrected chi connectivity index (χ0v) is 11.5. The van der Waals surface area contributed by atoms with Crippen molar-refractivity contribution in [1.82, 2.24) is 4.72 Å². The van der Waals surface area contributed by atoms with Gasteiger partial charge in [-0.2, -0.15) is 0 Å². The fraction of sp³-hybridized carbons (Fsp3) is 0.545. The molecule has 0 saturated carbocycles. The van der Waals surface area contributed by atoms with Crippen LogP contribution in [0.5, 0.6) is 0 Å². The monoisotopic (exact) mass is 275 g/mol. The van der Waals surface area contributed by atoms with Crippen LogP contribution >= 0.6 is 0 Å². The lowest BCUT2D eigenvalue weighted by molar-refractivity contribution is 0.0661. The van der Waals surface area contributed by atoms with E-state index in [1.54, 1.807) is 6.92 Å². The Balaban J connectivity index is 3.09. The first kappa shape index (κ1) is 14.7. The average Bonchev–Trinajstić information content (AvgIpc) is 2.60. The Morgan fingerprint density at radius 2 is 1.94 bits per heavy atom. The number of hydrogen-bond donors (Lipinski definition) is 2. The van der Waals surface area contributed by atoms with Crippen LogP contribution < -0.4 is 4.72 Å². The van der Waals surface area contributed by atoms with Crippen LogP contribution in [0.1, 0.15) is 37.1 Å². The van der Waals surface area contributed by atoms with E-state index in [0.29, 0.717) is 0 Å². The number of sulfonamides is 1. The molecule has 102 valence electrons. The van der Waals surface area contributed by atoms with Gasteiger partial charge in [0, 0.05) is 12.1 Å². The molecule has 0 aliphatic rings. The van der Waals surface area contributed by atoms with Gasteiger partial charge in [0.1, 0.15) is 10.7 Å². The Labute approximate surface area is 106 Å². The quantitative estimate of drug-likeness (QED) is 0.851. The molecule has 0 aromatic carbocycles. The molecule has 1 unspecified atom stereocenters. The predicted octanol–water partition coefficient (Wildman–Crippen LogP) is 1.61. The number of nitrogens with one attached hydrogen (secondary N) is 1. The average molecular weight is 275 g/mol. The fourth-order valence-corrected chi connectivity index (χ4v) is 2.85. The van der Waals surface area contributed by atoms with Gasteiger partial charge in [0.05, 0.1) is 0 Å². The highest BCUT2D eigenvalue weighted by molar-refractivity contribution is 7.89. The Morgan fingerprint density at radius 1 is 1.39 bits per heavy atom. The molecule has 2 N–H and O–H groups in total. The minimum atomic E-state index is -3.75. The Bertz CT molecular complexity index is 544. The molecule has 1 heterocycles. The van der Waals surface area contributed by atoms with Crippen molar-refractivity contribution in [1.29, 1.82) is 0 Å². The summed E-state index contributed by atoms with van der Waals surface area (Å²) < 4.78 is 31.4. The molecule has 0 fully saturated rings.